The minimum Gasteiger partial charge on any atom is -0.475 e. The molecule has 0 radical (unpaired) electrons. The molecule has 0 bridgehead atoms. The van der Waals surface area contributed by atoms with Gasteiger partial charge in [0.15, 0.2) is 0 Å². The average molecular weight is 1810 g/mol. The van der Waals surface area contributed by atoms with Gasteiger partial charge in [0.2, 0.25) is 0 Å². The number of hydrogen-bond donors (Lipinski definition) is 2. The maximum absolute atomic E-state index is 14.9. The number of rotatable bonds is 18. The van der Waals surface area contributed by atoms with Crippen molar-refractivity contribution in [2.75, 3.05) is 95.1 Å². The van der Waals surface area contributed by atoms with E-state index in [4.69, 9.17) is 43.3 Å². The van der Waals surface area contributed by atoms with Crippen LogP contribution in [0.1, 0.15) is 101 Å². The largest absolute Gasteiger partial charge is 0.498 e. The summed E-state index contributed by atoms with van der Waals surface area (Å²) in [7, 11) is 4.74. The molecule has 126 heavy (non-hydrogen) atoms. The van der Waals surface area contributed by atoms with Crippen LogP contribution in [-0.2, 0) is 52.7 Å². The molecule has 0 spiro atoms. The van der Waals surface area contributed by atoms with Gasteiger partial charge in [-0.2, -0.15) is 41.6 Å². The van der Waals surface area contributed by atoms with Gasteiger partial charge in [-0.1, -0.05) is 76.6 Å². The summed E-state index contributed by atoms with van der Waals surface area (Å²) in [4.78, 5) is 38.1. The fourth-order valence-electron chi connectivity index (χ4n) is 17.4. The summed E-state index contributed by atoms with van der Waals surface area (Å²) in [5.41, 5.74) is 17.2. The molecule has 4 fully saturated rings. The van der Waals surface area contributed by atoms with Crippen LogP contribution >= 0.6 is 15.9 Å². The van der Waals surface area contributed by atoms with E-state index in [9.17, 15) is 39.5 Å². The van der Waals surface area contributed by atoms with Gasteiger partial charge in [-0.15, -0.1) is 0 Å². The molecule has 24 nitrogen and oxygen atoms in total. The van der Waals surface area contributed by atoms with Gasteiger partial charge in [0.05, 0.1) is 136 Å². The fourth-order valence-corrected chi connectivity index (χ4v) is 17.7. The number of carboxylic acids is 2. The first-order valence-corrected chi connectivity index (χ1v) is 42.3. The highest BCUT2D eigenvalue weighted by Crippen LogP contribution is 2.51. The molecule has 7 aliphatic rings. The third-order valence-electron chi connectivity index (χ3n) is 24.6. The Morgan fingerprint density at radius 2 is 0.730 bits per heavy atom. The third kappa shape index (κ3) is 20.4. The summed E-state index contributed by atoms with van der Waals surface area (Å²) in [5.74, 6) is -4.61. The lowest BCUT2D eigenvalue weighted by Crippen LogP contribution is -2.41. The second kappa shape index (κ2) is 39.3. The number of piperidine rings is 3. The molecule has 19 rings (SSSR count). The Morgan fingerprint density at radius 1 is 0.437 bits per heavy atom. The molecule has 12 aromatic rings. The molecule has 664 valence electrons. The normalized spacial score (nSPS) is 17.9. The first kappa shape index (κ1) is 90.9. The summed E-state index contributed by atoms with van der Waals surface area (Å²) in [5, 5.41) is 27.4. The maximum Gasteiger partial charge on any atom is 0.498 e. The van der Waals surface area contributed by atoms with E-state index < -0.39 is 24.3 Å². The van der Waals surface area contributed by atoms with Gasteiger partial charge >= 0.3 is 31.4 Å². The van der Waals surface area contributed by atoms with E-state index in [2.05, 4.69) is 160 Å². The lowest BCUT2D eigenvalue weighted by atomic mass is 9.82. The number of fused-ring (bicyclic) bond motifs is 9. The lowest BCUT2D eigenvalue weighted by molar-refractivity contribution is -0.193. The van der Waals surface area contributed by atoms with Crippen LogP contribution in [0.2, 0.25) is 0 Å². The van der Waals surface area contributed by atoms with Crippen LogP contribution in [0, 0.1) is 35.2 Å². The molecule has 0 saturated carbocycles. The number of halogens is 10. The molecule has 2 N–H and O–H groups in total. The van der Waals surface area contributed by atoms with Crippen molar-refractivity contribution in [3.8, 4) is 56.0 Å². The van der Waals surface area contributed by atoms with E-state index in [-0.39, 0.29) is 53.9 Å². The Balaban J connectivity index is 0.000000132. The first-order valence-electron chi connectivity index (χ1n) is 41.5. The second-order valence-corrected chi connectivity index (χ2v) is 33.6. The zero-order valence-corrected chi connectivity index (χ0v) is 72.1. The highest BCUT2D eigenvalue weighted by molar-refractivity contribution is 9.10. The van der Waals surface area contributed by atoms with Crippen molar-refractivity contribution in [2.24, 2.45) is 17.8 Å². The van der Waals surface area contributed by atoms with E-state index in [1.807, 2.05) is 116 Å². The van der Waals surface area contributed by atoms with E-state index in [0.717, 1.165) is 180 Å². The molecule has 35 heteroatoms. The number of aliphatic carboxylic acids is 2. The van der Waals surface area contributed by atoms with Crippen molar-refractivity contribution in [2.45, 2.75) is 128 Å². The number of alkyl halides is 6. The van der Waals surface area contributed by atoms with Gasteiger partial charge in [0.25, 0.3) is 0 Å². The van der Waals surface area contributed by atoms with Crippen molar-refractivity contribution in [1.82, 2.24) is 58.0 Å². The summed E-state index contributed by atoms with van der Waals surface area (Å²) >= 11 is 3.49. The number of aromatic nitrogens is 12. The molecule has 0 aliphatic carbocycles. The quantitative estimate of drug-likeness (QED) is 0.0600. The number of anilines is 3. The summed E-state index contributed by atoms with van der Waals surface area (Å²) < 4.78 is 148. The number of ether oxygens (including phenoxy) is 3. The monoisotopic (exact) mass is 1810 g/mol. The van der Waals surface area contributed by atoms with E-state index >= 15 is 0 Å². The SMILES string of the molecule is COCCn1cc(-c2ccc(N3CCC(C4c5c(F)cccc5-c5cncn54)CC3)cc2)cn1.COCCn1cc(-c2ccc(N3CCC(C4c5c(F)cccc5-c5cncn54)CC3)cc2)cn1.COCCn1cc(B2OC(C)(C)C(C)(C)O2)cn1.Fc1cccc2c1C(C1CCN(c3ccc(Br)cc3)CC1)n1cncc1-2.O=C(O)C(F)(F)F.O=C(O)C(F)(F)F. The number of carbonyl (C=O) groups is 2. The Labute approximate surface area is 731 Å². The molecule has 6 aromatic heterocycles. The van der Waals surface area contributed by atoms with Crippen LogP contribution in [0.25, 0.3) is 56.0 Å². The number of hydrogen-bond acceptors (Lipinski definition) is 16. The standard InChI is InChI=1S/2C27H28FN5O.C21H19BrFN3.C12H21BN2O3.2C2HF3O2/c2*1-34-14-13-32-17-21(15-30-32)19-5-7-22(8-6-19)31-11-9-20(10-12-31)27-26-23(3-2-4-24(26)28)25-16-29-18-33(25)27;22-15-4-6-16(7-5-15)25-10-8-14(9-11-25)21-20-17(2-1-3-18(20)23)19-12-24-13-26(19)21;1-11(2)12(3,4)18-13(17-11)10-8-14-15(9-10)6-7-16-5;2*3-2(4,5)1(6)7/h2*2-8,15-18,20,27H,9-14H2,1H3;1-7,12-14,21H,8-11H2;8-9H,6-7H2,1-5H3;2*(H,6,7). The van der Waals surface area contributed by atoms with Crippen molar-refractivity contribution in [1.29, 1.82) is 0 Å². The fraction of sp³-hybridized carbons (Fsp3) is 0.385. The van der Waals surface area contributed by atoms with E-state index in [1.54, 1.807) is 63.9 Å². The number of nitrogens with zero attached hydrogens (tertiary/aromatic N) is 15. The molecule has 13 heterocycles. The Kier molecular flexibility index (Phi) is 28.3. The van der Waals surface area contributed by atoms with Crippen LogP contribution in [0.4, 0.5) is 56.6 Å². The lowest BCUT2D eigenvalue weighted by Gasteiger charge is -2.37. The van der Waals surface area contributed by atoms with Crippen LogP contribution < -0.4 is 20.2 Å². The number of imidazole rings is 3. The summed E-state index contributed by atoms with van der Waals surface area (Å²) in [6, 6.07) is 42.3. The molecule has 0 amide bonds. The van der Waals surface area contributed by atoms with Crippen LogP contribution in [0.15, 0.2) is 207 Å². The highest BCUT2D eigenvalue weighted by atomic mass is 79.9. The summed E-state index contributed by atoms with van der Waals surface area (Å²) in [6.45, 7) is 18.2. The predicted octanol–water partition coefficient (Wildman–Crippen LogP) is 17.4. The van der Waals surface area contributed by atoms with Crippen molar-refractivity contribution in [3.63, 3.8) is 0 Å². The summed E-state index contributed by atoms with van der Waals surface area (Å²) in [6.07, 6.45) is 18.8. The van der Waals surface area contributed by atoms with Crippen molar-refractivity contribution >= 4 is 57.5 Å². The van der Waals surface area contributed by atoms with Gasteiger partial charge in [0, 0.05) is 157 Å². The highest BCUT2D eigenvalue weighted by Gasteiger charge is 2.52. The number of carboxylic acid groups (broad SMARTS) is 2. The number of benzene rings is 6. The van der Waals surface area contributed by atoms with Gasteiger partial charge in [-0.05, 0) is 162 Å². The van der Waals surface area contributed by atoms with Crippen molar-refractivity contribution < 1.29 is 82.8 Å². The molecule has 3 unspecified atom stereocenters. The van der Waals surface area contributed by atoms with E-state index in [1.165, 1.54) is 17.1 Å². The van der Waals surface area contributed by atoms with Gasteiger partial charge in [-0.25, -0.2) is 37.7 Å². The predicted molar refractivity (Wildman–Crippen MR) is 463 cm³/mol. The Bertz CT molecular complexity index is 5420. The van der Waals surface area contributed by atoms with Crippen LogP contribution in [0.3, 0.4) is 0 Å². The topological polar surface area (TPSA) is 237 Å². The van der Waals surface area contributed by atoms with E-state index in [0.29, 0.717) is 37.6 Å². The van der Waals surface area contributed by atoms with Gasteiger partial charge < -0.3 is 62.1 Å². The smallest absolute Gasteiger partial charge is 0.475 e. The minimum atomic E-state index is -5.08. The molecule has 7 aliphatic heterocycles. The number of methoxy groups -OCH3 is 3. The Hall–Kier alpha value is -11.4. The Morgan fingerprint density at radius 3 is 1.03 bits per heavy atom. The molecular formula is C91H98BBrF9N15O9. The minimum absolute atomic E-state index is 0.0351. The third-order valence-corrected chi connectivity index (χ3v) is 25.1. The molecule has 4 saturated heterocycles. The molecule has 3 atom stereocenters. The van der Waals surface area contributed by atoms with Crippen molar-refractivity contribution in [3.05, 3.63) is 241 Å². The van der Waals surface area contributed by atoms with Gasteiger partial charge in [-0.3, -0.25) is 14.0 Å². The first-order chi connectivity index (χ1) is 60.4. The second-order valence-electron chi connectivity index (χ2n) is 32.7. The zero-order chi connectivity index (χ0) is 89.4. The average Bonchev–Trinajstić information content (AvgIpc) is 1.67. The maximum atomic E-state index is 14.9. The zero-order valence-electron chi connectivity index (χ0n) is 70.6. The van der Waals surface area contributed by atoms with Crippen LogP contribution in [-0.4, -0.2) is 191 Å². The molecular weight excluding hydrogens is 1710 g/mol. The van der Waals surface area contributed by atoms with Gasteiger partial charge in [0.1, 0.15) is 17.5 Å². The van der Waals surface area contributed by atoms with Crippen LogP contribution in [0.5, 0.6) is 0 Å². The molecule has 6 aromatic carbocycles.